The molecule has 0 radical (unpaired) electrons. The Kier molecular flexibility index (Phi) is 7.64. The van der Waals surface area contributed by atoms with Crippen LogP contribution in [-0.4, -0.2) is 59.5 Å². The van der Waals surface area contributed by atoms with Crippen LogP contribution in [0.15, 0.2) is 76.3 Å². The van der Waals surface area contributed by atoms with E-state index in [0.29, 0.717) is 50.0 Å². The Morgan fingerprint density at radius 1 is 1.06 bits per heavy atom. The molecule has 1 aromatic heterocycles. The predicted octanol–water partition coefficient (Wildman–Crippen LogP) is 3.86. The van der Waals surface area contributed by atoms with Crippen LogP contribution in [0.3, 0.4) is 0 Å². The Balaban J connectivity index is 1.70. The summed E-state index contributed by atoms with van der Waals surface area (Å²) in [6, 6.07) is 16.9. The van der Waals surface area contributed by atoms with Crippen molar-refractivity contribution in [2.45, 2.75) is 16.6 Å². The number of hydrogen-bond acceptors (Lipinski definition) is 6. The Labute approximate surface area is 197 Å². The van der Waals surface area contributed by atoms with E-state index in [1.165, 1.54) is 21.6 Å². The van der Waals surface area contributed by atoms with Crippen LogP contribution in [-0.2, 0) is 21.3 Å². The first-order valence-corrected chi connectivity index (χ1v) is 13.0. The van der Waals surface area contributed by atoms with Crippen LogP contribution in [0.5, 0.6) is 0 Å². The maximum absolute atomic E-state index is 13.1. The zero-order valence-electron chi connectivity index (χ0n) is 17.3. The highest BCUT2D eigenvalue weighted by Crippen LogP contribution is 2.28. The first-order chi connectivity index (χ1) is 15.6. The lowest BCUT2D eigenvalue weighted by atomic mass is 10.2. The van der Waals surface area contributed by atoms with Crippen molar-refractivity contribution in [3.63, 3.8) is 0 Å². The van der Waals surface area contributed by atoms with E-state index < -0.39 is 10.0 Å². The number of sulfonamides is 1. The molecule has 10 heteroatoms. The second-order valence-electron chi connectivity index (χ2n) is 7.09. The Hall–Kier alpha value is -2.17. The number of aromatic nitrogens is 3. The molecule has 1 aliphatic rings. The summed E-state index contributed by atoms with van der Waals surface area (Å²) in [5.74, 6) is 1.27. The van der Waals surface area contributed by atoms with Gasteiger partial charge in [-0.1, -0.05) is 71.9 Å². The van der Waals surface area contributed by atoms with Crippen molar-refractivity contribution in [1.82, 2.24) is 19.1 Å². The van der Waals surface area contributed by atoms with Gasteiger partial charge in [0.2, 0.25) is 10.0 Å². The van der Waals surface area contributed by atoms with Crippen molar-refractivity contribution in [1.29, 1.82) is 0 Å². The van der Waals surface area contributed by atoms with Crippen molar-refractivity contribution in [3.05, 3.63) is 71.8 Å². The molecule has 1 fully saturated rings. The number of ether oxygens (including phenoxy) is 1. The molecule has 4 rings (SSSR count). The van der Waals surface area contributed by atoms with Crippen molar-refractivity contribution in [2.24, 2.45) is 0 Å². The van der Waals surface area contributed by atoms with E-state index in [-0.39, 0.29) is 4.90 Å². The van der Waals surface area contributed by atoms with Gasteiger partial charge in [-0.3, -0.25) is 4.57 Å². The van der Waals surface area contributed by atoms with Gasteiger partial charge in [0.05, 0.1) is 24.7 Å². The normalized spacial score (nSPS) is 15.4. The van der Waals surface area contributed by atoms with Gasteiger partial charge >= 0.3 is 0 Å². The molecule has 7 nitrogen and oxygen atoms in total. The number of benzene rings is 2. The van der Waals surface area contributed by atoms with E-state index in [0.717, 1.165) is 10.7 Å². The molecular weight excluding hydrogens is 468 g/mol. The van der Waals surface area contributed by atoms with E-state index >= 15 is 0 Å². The largest absolute Gasteiger partial charge is 0.379 e. The third kappa shape index (κ3) is 5.24. The van der Waals surface area contributed by atoms with Gasteiger partial charge < -0.3 is 4.74 Å². The fraction of sp³-hybridized carbons (Fsp3) is 0.273. The Morgan fingerprint density at radius 3 is 2.59 bits per heavy atom. The van der Waals surface area contributed by atoms with Gasteiger partial charge in [0.1, 0.15) is 0 Å². The Bertz CT molecular complexity index is 1180. The van der Waals surface area contributed by atoms with E-state index in [2.05, 4.69) is 10.2 Å². The second kappa shape index (κ2) is 10.6. The predicted molar refractivity (Wildman–Crippen MR) is 126 cm³/mol. The van der Waals surface area contributed by atoms with Crippen LogP contribution in [0.2, 0.25) is 0 Å². The number of hydrogen-bond donors (Lipinski definition) is 0. The molecule has 0 spiro atoms. The summed E-state index contributed by atoms with van der Waals surface area (Å²) >= 11 is 7.17. The third-order valence-corrected chi connectivity index (χ3v) is 7.99. The van der Waals surface area contributed by atoms with Gasteiger partial charge in [-0.2, -0.15) is 4.31 Å². The molecule has 0 aliphatic carbocycles. The number of rotatable bonds is 8. The standard InChI is InChI=1S/C22H23ClN4O3S2/c23-10-5-15-31-22-25-24-21(27(22)17-18-6-2-1-3-7-18)19-8-4-9-20(16-19)32(28,29)26-11-13-30-14-12-26/h1-10,16H,11-15,17H2/b10-5+. The zero-order valence-corrected chi connectivity index (χ0v) is 19.7. The topological polar surface area (TPSA) is 77.3 Å². The molecule has 32 heavy (non-hydrogen) atoms. The number of morpholine rings is 1. The molecule has 0 bridgehead atoms. The summed E-state index contributed by atoms with van der Waals surface area (Å²) in [4.78, 5) is 0.241. The summed E-state index contributed by atoms with van der Waals surface area (Å²) in [5.41, 5.74) is 3.27. The minimum Gasteiger partial charge on any atom is -0.379 e. The minimum atomic E-state index is -3.61. The SMILES string of the molecule is O=S(=O)(c1cccc(-c2nnc(SC/C=C/Cl)n2Cc2ccccc2)c1)N1CCOCC1. The van der Waals surface area contributed by atoms with E-state index in [4.69, 9.17) is 16.3 Å². The summed E-state index contributed by atoms with van der Waals surface area (Å²) in [6.07, 6.45) is 1.84. The molecule has 3 aromatic rings. The monoisotopic (exact) mass is 490 g/mol. The molecule has 0 saturated carbocycles. The average Bonchev–Trinajstić information content (AvgIpc) is 3.23. The second-order valence-corrected chi connectivity index (χ2v) is 10.3. The molecule has 2 heterocycles. The lowest BCUT2D eigenvalue weighted by Gasteiger charge is -2.26. The Morgan fingerprint density at radius 2 is 1.84 bits per heavy atom. The highest BCUT2D eigenvalue weighted by molar-refractivity contribution is 7.99. The van der Waals surface area contributed by atoms with Crippen molar-refractivity contribution in [3.8, 4) is 11.4 Å². The molecule has 0 unspecified atom stereocenters. The molecular formula is C22H23ClN4O3S2. The molecule has 1 aliphatic heterocycles. The third-order valence-electron chi connectivity index (χ3n) is 5.00. The van der Waals surface area contributed by atoms with Crippen LogP contribution in [0.1, 0.15) is 5.56 Å². The van der Waals surface area contributed by atoms with Gasteiger partial charge in [0.15, 0.2) is 11.0 Å². The quantitative estimate of drug-likeness (QED) is 0.446. The van der Waals surface area contributed by atoms with Gasteiger partial charge in [-0.25, -0.2) is 8.42 Å². The van der Waals surface area contributed by atoms with Crippen LogP contribution < -0.4 is 0 Å². The van der Waals surface area contributed by atoms with Crippen molar-refractivity contribution in [2.75, 3.05) is 32.1 Å². The lowest BCUT2D eigenvalue weighted by Crippen LogP contribution is -2.40. The van der Waals surface area contributed by atoms with E-state index in [9.17, 15) is 8.42 Å². The van der Waals surface area contributed by atoms with Crippen LogP contribution in [0, 0.1) is 0 Å². The van der Waals surface area contributed by atoms with Crippen LogP contribution in [0.25, 0.3) is 11.4 Å². The summed E-state index contributed by atoms with van der Waals surface area (Å²) < 4.78 is 35.0. The van der Waals surface area contributed by atoms with Crippen molar-refractivity contribution >= 4 is 33.4 Å². The van der Waals surface area contributed by atoms with Crippen LogP contribution in [0.4, 0.5) is 0 Å². The van der Waals surface area contributed by atoms with E-state index in [1.54, 1.807) is 18.2 Å². The van der Waals surface area contributed by atoms with Gasteiger partial charge in [0, 0.05) is 29.9 Å². The van der Waals surface area contributed by atoms with Gasteiger partial charge in [-0.15, -0.1) is 10.2 Å². The maximum atomic E-state index is 13.1. The smallest absolute Gasteiger partial charge is 0.243 e. The number of halogens is 1. The van der Waals surface area contributed by atoms with Gasteiger partial charge in [0.25, 0.3) is 0 Å². The fourth-order valence-electron chi connectivity index (χ4n) is 3.41. The summed E-state index contributed by atoms with van der Waals surface area (Å²) in [6.45, 7) is 2.08. The minimum absolute atomic E-state index is 0.241. The van der Waals surface area contributed by atoms with Gasteiger partial charge in [-0.05, 0) is 17.7 Å². The maximum Gasteiger partial charge on any atom is 0.243 e. The summed E-state index contributed by atoms with van der Waals surface area (Å²) in [7, 11) is -3.61. The highest BCUT2D eigenvalue weighted by Gasteiger charge is 2.27. The van der Waals surface area contributed by atoms with Crippen LogP contribution >= 0.6 is 23.4 Å². The fourth-order valence-corrected chi connectivity index (χ4v) is 5.80. The molecule has 168 valence electrons. The molecule has 0 N–H and O–H groups in total. The zero-order chi connectivity index (χ0) is 22.4. The van der Waals surface area contributed by atoms with E-state index in [1.807, 2.05) is 47.0 Å². The molecule has 2 aromatic carbocycles. The average molecular weight is 491 g/mol. The number of nitrogens with zero attached hydrogens (tertiary/aromatic N) is 4. The molecule has 0 atom stereocenters. The summed E-state index contributed by atoms with van der Waals surface area (Å²) in [5, 5.41) is 9.50. The molecule has 1 saturated heterocycles. The lowest BCUT2D eigenvalue weighted by molar-refractivity contribution is 0.0730. The first kappa shape index (κ1) is 23.0. The van der Waals surface area contributed by atoms with Crippen molar-refractivity contribution < 1.29 is 13.2 Å². The first-order valence-electron chi connectivity index (χ1n) is 10.1. The highest BCUT2D eigenvalue weighted by atomic mass is 35.5. The molecule has 0 amide bonds. The number of thioether (sulfide) groups is 1.